The van der Waals surface area contributed by atoms with Crippen LogP contribution in [0.1, 0.15) is 24.3 Å². The summed E-state index contributed by atoms with van der Waals surface area (Å²) >= 11 is 0. The number of fused-ring (bicyclic) bond motifs is 1. The molecule has 1 N–H and O–H groups in total. The van der Waals surface area contributed by atoms with E-state index in [1.807, 2.05) is 30.3 Å². The first-order valence-corrected chi connectivity index (χ1v) is 9.59. The molecule has 0 amide bonds. The number of sulfonamides is 1. The molecule has 2 aromatic carbocycles. The maximum atomic E-state index is 12.6. The fourth-order valence-corrected chi connectivity index (χ4v) is 4.28. The van der Waals surface area contributed by atoms with Gasteiger partial charge < -0.3 is 9.47 Å². The maximum absolute atomic E-state index is 12.6. The fraction of sp³-hybridized carbons (Fsp3) is 0.333. The third-order valence-corrected chi connectivity index (χ3v) is 5.84. The highest BCUT2D eigenvalue weighted by Crippen LogP contribution is 2.41. The predicted octanol–water partition coefficient (Wildman–Crippen LogP) is 2.68. The Hall–Kier alpha value is -2.05. The number of rotatable bonds is 4. The van der Waals surface area contributed by atoms with Crippen LogP contribution < -0.4 is 14.2 Å². The van der Waals surface area contributed by atoms with Gasteiger partial charge in [0.25, 0.3) is 0 Å². The van der Waals surface area contributed by atoms with Gasteiger partial charge in [-0.1, -0.05) is 30.3 Å². The summed E-state index contributed by atoms with van der Waals surface area (Å²) < 4.78 is 39.2. The predicted molar refractivity (Wildman–Crippen MR) is 90.0 cm³/mol. The molecular weight excluding hydrogens is 326 g/mol. The van der Waals surface area contributed by atoms with E-state index in [1.54, 1.807) is 18.2 Å². The third kappa shape index (κ3) is 3.12. The van der Waals surface area contributed by atoms with Crippen LogP contribution in [-0.4, -0.2) is 27.7 Å². The van der Waals surface area contributed by atoms with E-state index < -0.39 is 10.0 Å². The van der Waals surface area contributed by atoms with Crippen LogP contribution in [0, 0.1) is 0 Å². The van der Waals surface area contributed by atoms with E-state index in [2.05, 4.69) is 4.72 Å². The summed E-state index contributed by atoms with van der Waals surface area (Å²) in [6.07, 6.45) is 1.61. The van der Waals surface area contributed by atoms with Crippen molar-refractivity contribution in [3.63, 3.8) is 0 Å². The minimum atomic E-state index is -3.57. The average molecular weight is 345 g/mol. The maximum Gasteiger partial charge on any atom is 0.240 e. The van der Waals surface area contributed by atoms with Crippen molar-refractivity contribution in [2.24, 2.45) is 0 Å². The van der Waals surface area contributed by atoms with Crippen molar-refractivity contribution in [3.05, 3.63) is 54.1 Å². The van der Waals surface area contributed by atoms with Crippen LogP contribution in [0.25, 0.3) is 0 Å². The van der Waals surface area contributed by atoms with Crippen molar-refractivity contribution in [2.75, 3.05) is 13.2 Å². The van der Waals surface area contributed by atoms with Crippen molar-refractivity contribution in [2.45, 2.75) is 29.7 Å². The minimum Gasteiger partial charge on any atom is -0.490 e. The normalized spacial score (nSPS) is 22.7. The van der Waals surface area contributed by atoms with E-state index in [0.29, 0.717) is 24.7 Å². The number of hydrogen-bond donors (Lipinski definition) is 1. The molecule has 2 aliphatic rings. The van der Waals surface area contributed by atoms with Crippen molar-refractivity contribution >= 4 is 10.0 Å². The Kier molecular flexibility index (Phi) is 3.94. The molecule has 6 heteroatoms. The molecule has 0 bridgehead atoms. The largest absolute Gasteiger partial charge is 0.490 e. The summed E-state index contributed by atoms with van der Waals surface area (Å²) in [4.78, 5) is 0.213. The SMILES string of the molecule is O=S(=O)(NC1CC1c1ccccc1)c1ccc2c(c1)OCCCO2. The highest BCUT2D eigenvalue weighted by Gasteiger charge is 2.41. The molecule has 0 radical (unpaired) electrons. The van der Waals surface area contributed by atoms with Crippen molar-refractivity contribution in [1.29, 1.82) is 0 Å². The molecule has 4 rings (SSSR count). The average Bonchev–Trinajstić information content (AvgIpc) is 3.37. The molecule has 2 aromatic rings. The Labute approximate surface area is 141 Å². The molecule has 2 atom stereocenters. The lowest BCUT2D eigenvalue weighted by Crippen LogP contribution is -2.26. The topological polar surface area (TPSA) is 64.6 Å². The monoisotopic (exact) mass is 345 g/mol. The van der Waals surface area contributed by atoms with Crippen LogP contribution in [0.2, 0.25) is 0 Å². The molecule has 1 saturated carbocycles. The van der Waals surface area contributed by atoms with Gasteiger partial charge in [0.05, 0.1) is 18.1 Å². The van der Waals surface area contributed by atoms with E-state index in [-0.39, 0.29) is 16.9 Å². The molecule has 0 saturated heterocycles. The highest BCUT2D eigenvalue weighted by atomic mass is 32.2. The van der Waals surface area contributed by atoms with E-state index in [0.717, 1.165) is 12.8 Å². The number of hydrogen-bond acceptors (Lipinski definition) is 4. The molecule has 0 spiro atoms. The van der Waals surface area contributed by atoms with Gasteiger partial charge in [-0.25, -0.2) is 13.1 Å². The number of benzene rings is 2. The molecule has 0 aromatic heterocycles. The first-order chi connectivity index (χ1) is 11.6. The van der Waals surface area contributed by atoms with E-state index in [4.69, 9.17) is 9.47 Å². The van der Waals surface area contributed by atoms with Crippen LogP contribution in [0.15, 0.2) is 53.4 Å². The lowest BCUT2D eigenvalue weighted by Gasteiger charge is -2.11. The van der Waals surface area contributed by atoms with E-state index in [1.165, 1.54) is 5.56 Å². The number of nitrogens with one attached hydrogen (secondary N) is 1. The first-order valence-electron chi connectivity index (χ1n) is 8.10. The van der Waals surface area contributed by atoms with Gasteiger partial charge in [-0.3, -0.25) is 0 Å². The zero-order valence-electron chi connectivity index (χ0n) is 13.1. The summed E-state index contributed by atoms with van der Waals surface area (Å²) in [5, 5.41) is 0. The first kappa shape index (κ1) is 15.5. The minimum absolute atomic E-state index is 0.0478. The molecular formula is C18H19NO4S. The van der Waals surface area contributed by atoms with E-state index >= 15 is 0 Å². The summed E-state index contributed by atoms with van der Waals surface area (Å²) in [5.74, 6) is 1.34. The second-order valence-corrected chi connectivity index (χ2v) is 7.85. The van der Waals surface area contributed by atoms with Gasteiger partial charge in [0.2, 0.25) is 10.0 Å². The second kappa shape index (κ2) is 6.11. The highest BCUT2D eigenvalue weighted by molar-refractivity contribution is 7.89. The Morgan fingerprint density at radius 1 is 0.958 bits per heavy atom. The molecule has 1 aliphatic heterocycles. The standard InChI is InChI=1S/C18H19NO4S/c20-24(21,19-16-12-15(16)13-5-2-1-3-6-13)14-7-8-17-18(11-14)23-10-4-9-22-17/h1-3,5-8,11,15-16,19H,4,9-10,12H2. The quantitative estimate of drug-likeness (QED) is 0.925. The van der Waals surface area contributed by atoms with E-state index in [9.17, 15) is 8.42 Å². The molecule has 126 valence electrons. The third-order valence-electron chi connectivity index (χ3n) is 4.35. The van der Waals surface area contributed by atoms with Crippen molar-refractivity contribution in [1.82, 2.24) is 4.72 Å². The lowest BCUT2D eigenvalue weighted by molar-refractivity contribution is 0.297. The second-order valence-electron chi connectivity index (χ2n) is 6.14. The van der Waals surface area contributed by atoms with Gasteiger partial charge in [0, 0.05) is 24.4 Å². The van der Waals surface area contributed by atoms with Crippen molar-refractivity contribution in [3.8, 4) is 11.5 Å². The van der Waals surface area contributed by atoms with Gasteiger partial charge in [0.15, 0.2) is 11.5 Å². The van der Waals surface area contributed by atoms with Gasteiger partial charge in [0.1, 0.15) is 0 Å². The molecule has 1 fully saturated rings. The van der Waals surface area contributed by atoms with Crippen LogP contribution in [0.4, 0.5) is 0 Å². The Balaban J connectivity index is 1.51. The van der Waals surface area contributed by atoms with Gasteiger partial charge in [-0.05, 0) is 24.1 Å². The molecule has 2 unspecified atom stereocenters. The van der Waals surface area contributed by atoms with Crippen molar-refractivity contribution < 1.29 is 17.9 Å². The van der Waals surface area contributed by atoms with Crippen LogP contribution in [0.3, 0.4) is 0 Å². The zero-order valence-corrected chi connectivity index (χ0v) is 14.0. The van der Waals surface area contributed by atoms with Gasteiger partial charge >= 0.3 is 0 Å². The van der Waals surface area contributed by atoms with Crippen LogP contribution in [-0.2, 0) is 10.0 Å². The fourth-order valence-electron chi connectivity index (χ4n) is 2.97. The summed E-state index contributed by atoms with van der Waals surface area (Å²) in [5.41, 5.74) is 1.17. The summed E-state index contributed by atoms with van der Waals surface area (Å²) in [7, 11) is -3.57. The van der Waals surface area contributed by atoms with Crippen LogP contribution >= 0.6 is 0 Å². The molecule has 5 nitrogen and oxygen atoms in total. The molecule has 24 heavy (non-hydrogen) atoms. The van der Waals surface area contributed by atoms with Crippen LogP contribution in [0.5, 0.6) is 11.5 Å². The molecule has 1 heterocycles. The summed E-state index contributed by atoms with van der Waals surface area (Å²) in [6, 6.07) is 14.7. The Morgan fingerprint density at radius 2 is 1.71 bits per heavy atom. The van der Waals surface area contributed by atoms with Gasteiger partial charge in [-0.15, -0.1) is 0 Å². The summed E-state index contributed by atoms with van der Waals surface area (Å²) in [6.45, 7) is 1.11. The number of ether oxygens (including phenoxy) is 2. The molecule has 1 aliphatic carbocycles. The Bertz CT molecular complexity index is 835. The lowest BCUT2D eigenvalue weighted by atomic mass is 10.1. The Morgan fingerprint density at radius 3 is 2.50 bits per heavy atom. The van der Waals surface area contributed by atoms with Gasteiger partial charge in [-0.2, -0.15) is 0 Å². The zero-order chi connectivity index (χ0) is 16.6. The smallest absolute Gasteiger partial charge is 0.240 e.